The lowest BCUT2D eigenvalue weighted by Gasteiger charge is -2.07. The summed E-state index contributed by atoms with van der Waals surface area (Å²) >= 11 is 1.59. The Kier molecular flexibility index (Phi) is 4.81. The smallest absolute Gasteiger partial charge is 0.213 e. The minimum absolute atomic E-state index is 0.435. The second kappa shape index (κ2) is 6.85. The van der Waals surface area contributed by atoms with Gasteiger partial charge in [-0.2, -0.15) is 9.61 Å². The largest absolute Gasteiger partial charge is 0.296 e. The maximum atomic E-state index is 11.7. The lowest BCUT2D eigenvalue weighted by molar-refractivity contribution is 0.111. The number of carbonyl (C=O) groups excluding carboxylic acids is 1. The van der Waals surface area contributed by atoms with Crippen molar-refractivity contribution >= 4 is 22.6 Å². The highest BCUT2D eigenvalue weighted by Crippen LogP contribution is 2.31. The van der Waals surface area contributed by atoms with Gasteiger partial charge in [-0.3, -0.25) is 4.79 Å². The van der Waals surface area contributed by atoms with Crippen molar-refractivity contribution in [1.29, 1.82) is 0 Å². The summed E-state index contributed by atoms with van der Waals surface area (Å²) in [5.74, 6) is 0.921. The topological polar surface area (TPSA) is 47.3 Å². The van der Waals surface area contributed by atoms with Crippen LogP contribution < -0.4 is 0 Å². The molecule has 3 rings (SSSR count). The third-order valence-corrected chi connectivity index (χ3v) is 5.62. The van der Waals surface area contributed by atoms with Crippen LogP contribution in [0, 0.1) is 0 Å². The number of hydrogen-bond acceptors (Lipinski definition) is 4. The minimum Gasteiger partial charge on any atom is -0.296 e. The van der Waals surface area contributed by atoms with Gasteiger partial charge in [-0.25, -0.2) is 4.98 Å². The molecule has 0 aliphatic rings. The molecule has 5 heteroatoms. The first-order valence-electron chi connectivity index (χ1n) is 8.53. The lowest BCUT2D eigenvalue weighted by atomic mass is 10.0. The Hall–Kier alpha value is -2.01. The second-order valence-corrected chi connectivity index (χ2v) is 7.38. The Morgan fingerprint density at radius 2 is 1.83 bits per heavy atom. The van der Waals surface area contributed by atoms with Crippen LogP contribution in [0.5, 0.6) is 0 Å². The van der Waals surface area contributed by atoms with Gasteiger partial charge in [-0.05, 0) is 24.3 Å². The van der Waals surface area contributed by atoms with Crippen molar-refractivity contribution in [3.8, 4) is 11.3 Å². The highest BCUT2D eigenvalue weighted by molar-refractivity contribution is 7.16. The standard InChI is InChI=1S/C19H23N3OS/c1-5-13(6-2)18-21-22-16(11-23)17(20-19(22)24-18)15-9-7-14(8-10-15)12(3)4/h7-13H,5-6H2,1-4H3. The number of hydrogen-bond donors (Lipinski definition) is 0. The second-order valence-electron chi connectivity index (χ2n) is 6.39. The van der Waals surface area contributed by atoms with Crippen LogP contribution in [0.15, 0.2) is 24.3 Å². The van der Waals surface area contributed by atoms with Crippen LogP contribution in [0.3, 0.4) is 0 Å². The van der Waals surface area contributed by atoms with E-state index in [0.717, 1.165) is 40.4 Å². The summed E-state index contributed by atoms with van der Waals surface area (Å²) in [5.41, 5.74) is 3.50. The first-order chi connectivity index (χ1) is 11.6. The third-order valence-electron chi connectivity index (χ3n) is 4.55. The van der Waals surface area contributed by atoms with Crippen LogP contribution in [-0.2, 0) is 0 Å². The van der Waals surface area contributed by atoms with Gasteiger partial charge in [-0.15, -0.1) is 0 Å². The van der Waals surface area contributed by atoms with Gasteiger partial charge in [-0.1, -0.05) is 63.3 Å². The van der Waals surface area contributed by atoms with E-state index < -0.39 is 0 Å². The molecule has 0 saturated carbocycles. The summed E-state index contributed by atoms with van der Waals surface area (Å²) in [6, 6.07) is 8.28. The molecule has 0 amide bonds. The number of imidazole rings is 1. The van der Waals surface area contributed by atoms with E-state index in [4.69, 9.17) is 0 Å². The zero-order valence-electron chi connectivity index (χ0n) is 14.6. The highest BCUT2D eigenvalue weighted by atomic mass is 32.1. The molecule has 24 heavy (non-hydrogen) atoms. The van der Waals surface area contributed by atoms with Crippen molar-refractivity contribution in [2.75, 3.05) is 0 Å². The van der Waals surface area contributed by atoms with Crippen LogP contribution in [0.25, 0.3) is 16.2 Å². The highest BCUT2D eigenvalue weighted by Gasteiger charge is 2.20. The summed E-state index contributed by atoms with van der Waals surface area (Å²) in [4.78, 5) is 17.2. The van der Waals surface area contributed by atoms with Gasteiger partial charge in [0.2, 0.25) is 4.96 Å². The number of benzene rings is 1. The van der Waals surface area contributed by atoms with Crippen LogP contribution in [-0.4, -0.2) is 20.9 Å². The van der Waals surface area contributed by atoms with E-state index in [-0.39, 0.29) is 0 Å². The van der Waals surface area contributed by atoms with Crippen LogP contribution in [0.2, 0.25) is 0 Å². The summed E-state index contributed by atoms with van der Waals surface area (Å²) in [6.45, 7) is 8.67. The summed E-state index contributed by atoms with van der Waals surface area (Å²) in [6.07, 6.45) is 2.96. The van der Waals surface area contributed by atoms with Crippen molar-refractivity contribution in [2.45, 2.75) is 52.4 Å². The molecule has 0 fully saturated rings. The number of aldehydes is 1. The number of carbonyl (C=O) groups is 1. The zero-order chi connectivity index (χ0) is 17.3. The fourth-order valence-corrected chi connectivity index (χ4v) is 4.10. The van der Waals surface area contributed by atoms with Crippen LogP contribution >= 0.6 is 11.3 Å². The molecule has 0 N–H and O–H groups in total. The Morgan fingerprint density at radius 3 is 2.38 bits per heavy atom. The Bertz CT molecular complexity index is 841. The van der Waals surface area contributed by atoms with Gasteiger partial charge in [0, 0.05) is 11.5 Å². The maximum Gasteiger partial charge on any atom is 0.213 e. The summed E-state index contributed by atoms with van der Waals surface area (Å²) in [5, 5.41) is 5.72. The van der Waals surface area contributed by atoms with Gasteiger partial charge >= 0.3 is 0 Å². The predicted molar refractivity (Wildman–Crippen MR) is 99.1 cm³/mol. The molecule has 0 spiro atoms. The van der Waals surface area contributed by atoms with Crippen molar-refractivity contribution < 1.29 is 4.79 Å². The molecule has 0 aliphatic carbocycles. The first kappa shape index (κ1) is 16.8. The van der Waals surface area contributed by atoms with Crippen LogP contribution in [0.1, 0.15) is 73.4 Å². The normalized spacial score (nSPS) is 11.8. The molecule has 0 aliphatic heterocycles. The van der Waals surface area contributed by atoms with E-state index in [1.165, 1.54) is 5.56 Å². The molecular formula is C19H23N3OS. The Labute approximate surface area is 146 Å². The molecular weight excluding hydrogens is 318 g/mol. The molecule has 0 radical (unpaired) electrons. The molecule has 4 nitrogen and oxygen atoms in total. The van der Waals surface area contributed by atoms with Gasteiger partial charge in [0.25, 0.3) is 0 Å². The predicted octanol–water partition coefficient (Wildman–Crippen LogP) is 5.30. The van der Waals surface area contributed by atoms with Crippen molar-refractivity contribution in [3.63, 3.8) is 0 Å². The van der Waals surface area contributed by atoms with E-state index >= 15 is 0 Å². The van der Waals surface area contributed by atoms with E-state index in [0.29, 0.717) is 17.5 Å². The molecule has 0 saturated heterocycles. The van der Waals surface area contributed by atoms with E-state index in [1.807, 2.05) is 12.1 Å². The molecule has 0 unspecified atom stereocenters. The molecule has 0 bridgehead atoms. The van der Waals surface area contributed by atoms with Crippen molar-refractivity contribution in [2.24, 2.45) is 0 Å². The van der Waals surface area contributed by atoms with Gasteiger partial charge in [0.05, 0.1) is 0 Å². The van der Waals surface area contributed by atoms with Gasteiger partial charge < -0.3 is 0 Å². The van der Waals surface area contributed by atoms with Crippen LogP contribution in [0.4, 0.5) is 0 Å². The zero-order valence-corrected chi connectivity index (χ0v) is 15.4. The van der Waals surface area contributed by atoms with Gasteiger partial charge in [0.15, 0.2) is 6.29 Å². The number of aromatic nitrogens is 3. The number of rotatable bonds is 6. The van der Waals surface area contributed by atoms with Crippen molar-refractivity contribution in [3.05, 3.63) is 40.5 Å². The van der Waals surface area contributed by atoms with Crippen molar-refractivity contribution in [1.82, 2.24) is 14.6 Å². The fourth-order valence-electron chi connectivity index (χ4n) is 2.93. The van der Waals surface area contributed by atoms with E-state index in [9.17, 15) is 4.79 Å². The van der Waals surface area contributed by atoms with Gasteiger partial charge in [0.1, 0.15) is 16.4 Å². The third kappa shape index (κ3) is 2.88. The molecule has 0 atom stereocenters. The monoisotopic (exact) mass is 341 g/mol. The summed E-state index contributed by atoms with van der Waals surface area (Å²) in [7, 11) is 0. The van der Waals surface area contributed by atoms with E-state index in [1.54, 1.807) is 15.9 Å². The first-order valence-corrected chi connectivity index (χ1v) is 9.35. The number of fused-ring (bicyclic) bond motifs is 1. The average molecular weight is 341 g/mol. The van der Waals surface area contributed by atoms with E-state index in [2.05, 4.69) is 49.9 Å². The molecule has 1 aromatic carbocycles. The minimum atomic E-state index is 0.435. The SMILES string of the molecule is CCC(CC)c1nn2c(C=O)c(-c3ccc(C(C)C)cc3)nc2s1. The molecule has 2 aromatic heterocycles. The number of nitrogens with zero attached hydrogens (tertiary/aromatic N) is 3. The average Bonchev–Trinajstić information content (AvgIpc) is 3.13. The summed E-state index contributed by atoms with van der Waals surface area (Å²) < 4.78 is 1.71. The Balaban J connectivity index is 2.05. The molecule has 3 aromatic rings. The lowest BCUT2D eigenvalue weighted by Crippen LogP contribution is -1.99. The maximum absolute atomic E-state index is 11.7. The fraction of sp³-hybridized carbons (Fsp3) is 0.421. The molecule has 126 valence electrons. The Morgan fingerprint density at radius 1 is 1.17 bits per heavy atom. The quantitative estimate of drug-likeness (QED) is 0.572. The molecule has 2 heterocycles.